The predicted octanol–water partition coefficient (Wildman–Crippen LogP) is 7.86. The molecule has 0 N–H and O–H groups in total. The highest BCUT2D eigenvalue weighted by atomic mass is 16.5. The van der Waals surface area contributed by atoms with Crippen LogP contribution in [0, 0.1) is 0 Å². The van der Waals surface area contributed by atoms with E-state index >= 15 is 0 Å². The van der Waals surface area contributed by atoms with Gasteiger partial charge in [-0.1, -0.05) is 63.5 Å². The number of carbonyl (C=O) groups excluding carboxylic acids is 2. The van der Waals surface area contributed by atoms with Crippen LogP contribution in [0.15, 0.2) is 25.3 Å². The molecule has 180 valence electrons. The Morgan fingerprint density at radius 1 is 0.484 bits per heavy atom. The Hall–Kier alpha value is -1.58. The molecule has 31 heavy (non-hydrogen) atoms. The van der Waals surface area contributed by atoms with E-state index < -0.39 is 0 Å². The molecular weight excluding hydrogens is 388 g/mol. The molecule has 0 spiro atoms. The number of esters is 2. The summed E-state index contributed by atoms with van der Waals surface area (Å²) in [6.45, 7) is 8.41. The summed E-state index contributed by atoms with van der Waals surface area (Å²) in [5, 5.41) is 0. The lowest BCUT2D eigenvalue weighted by atomic mass is 10.1. The summed E-state index contributed by atoms with van der Waals surface area (Å²) in [5.74, 6) is -0.169. The van der Waals surface area contributed by atoms with Crippen LogP contribution in [0.25, 0.3) is 0 Å². The highest BCUT2D eigenvalue weighted by Gasteiger charge is 2.04. The third-order valence-corrected chi connectivity index (χ3v) is 5.39. The molecule has 0 aliphatic heterocycles. The lowest BCUT2D eigenvalue weighted by Crippen LogP contribution is -2.07. The highest BCUT2D eigenvalue weighted by molar-refractivity contribution is 5.69. The molecule has 0 heterocycles. The van der Waals surface area contributed by atoms with Gasteiger partial charge in [0.1, 0.15) is 0 Å². The van der Waals surface area contributed by atoms with Gasteiger partial charge in [0.05, 0.1) is 13.2 Å². The smallest absolute Gasteiger partial charge is 0.305 e. The lowest BCUT2D eigenvalue weighted by Gasteiger charge is -2.06. The number of rotatable bonds is 24. The molecule has 0 aromatic carbocycles. The summed E-state index contributed by atoms with van der Waals surface area (Å²) in [6.07, 6.45) is 23.6. The molecule has 0 saturated heterocycles. The zero-order chi connectivity index (χ0) is 22.8. The van der Waals surface area contributed by atoms with Crippen LogP contribution in [-0.2, 0) is 19.1 Å². The van der Waals surface area contributed by atoms with Gasteiger partial charge in [-0.3, -0.25) is 9.59 Å². The van der Waals surface area contributed by atoms with Crippen molar-refractivity contribution in [3.63, 3.8) is 0 Å². The van der Waals surface area contributed by atoms with E-state index in [9.17, 15) is 9.59 Å². The second-order valence-electron chi connectivity index (χ2n) is 8.40. The Morgan fingerprint density at radius 3 is 1.19 bits per heavy atom. The quantitative estimate of drug-likeness (QED) is 0.0878. The minimum atomic E-state index is -0.0845. The number of ether oxygens (including phenoxy) is 2. The Kier molecular flexibility index (Phi) is 23.4. The first-order chi connectivity index (χ1) is 15.2. The minimum absolute atomic E-state index is 0.0845. The molecule has 0 aliphatic carbocycles. The first-order valence-electron chi connectivity index (χ1n) is 12.7. The monoisotopic (exact) mass is 436 g/mol. The molecule has 4 heteroatoms. The fourth-order valence-electron chi connectivity index (χ4n) is 3.43. The topological polar surface area (TPSA) is 52.6 Å². The molecule has 0 amide bonds. The Balaban J connectivity index is 3.28. The summed E-state index contributed by atoms with van der Waals surface area (Å²) in [5.41, 5.74) is 0. The fourth-order valence-corrected chi connectivity index (χ4v) is 3.43. The van der Waals surface area contributed by atoms with Crippen LogP contribution in [0.2, 0.25) is 0 Å². The molecule has 0 unspecified atom stereocenters. The molecule has 0 atom stereocenters. The summed E-state index contributed by atoms with van der Waals surface area (Å²) >= 11 is 0. The first-order valence-corrected chi connectivity index (χ1v) is 12.7. The average Bonchev–Trinajstić information content (AvgIpc) is 2.76. The van der Waals surface area contributed by atoms with Crippen molar-refractivity contribution in [1.29, 1.82) is 0 Å². The van der Waals surface area contributed by atoms with E-state index in [1.807, 2.05) is 12.2 Å². The van der Waals surface area contributed by atoms with Gasteiger partial charge in [-0.2, -0.15) is 0 Å². The second-order valence-corrected chi connectivity index (χ2v) is 8.40. The van der Waals surface area contributed by atoms with Gasteiger partial charge in [0.2, 0.25) is 0 Å². The van der Waals surface area contributed by atoms with E-state index in [0.717, 1.165) is 57.8 Å². The Morgan fingerprint density at radius 2 is 0.806 bits per heavy atom. The van der Waals surface area contributed by atoms with Crippen molar-refractivity contribution in [2.24, 2.45) is 0 Å². The molecule has 0 fully saturated rings. The van der Waals surface area contributed by atoms with Gasteiger partial charge in [0, 0.05) is 12.8 Å². The largest absolute Gasteiger partial charge is 0.466 e. The van der Waals surface area contributed by atoms with Crippen LogP contribution in [0.4, 0.5) is 0 Å². The average molecular weight is 437 g/mol. The maximum atomic E-state index is 11.7. The van der Waals surface area contributed by atoms with Gasteiger partial charge in [-0.05, 0) is 57.8 Å². The normalized spacial score (nSPS) is 10.6. The molecular formula is C27H48O4. The van der Waals surface area contributed by atoms with Crippen LogP contribution in [-0.4, -0.2) is 25.2 Å². The van der Waals surface area contributed by atoms with Gasteiger partial charge in [0.25, 0.3) is 0 Å². The zero-order valence-electron chi connectivity index (χ0n) is 20.1. The number of allylic oxidation sites excluding steroid dienone is 2. The van der Waals surface area contributed by atoms with E-state index in [1.54, 1.807) is 0 Å². The molecule has 4 nitrogen and oxygen atoms in total. The SMILES string of the molecule is C=CCCCCCCCCC(=O)OCCCCCOC(=O)CCCCCCCCC=C. The third-order valence-electron chi connectivity index (χ3n) is 5.39. The summed E-state index contributed by atoms with van der Waals surface area (Å²) in [7, 11) is 0. The minimum Gasteiger partial charge on any atom is -0.466 e. The van der Waals surface area contributed by atoms with E-state index in [2.05, 4.69) is 13.2 Å². The van der Waals surface area contributed by atoms with E-state index in [4.69, 9.17) is 9.47 Å². The van der Waals surface area contributed by atoms with Crippen molar-refractivity contribution in [2.75, 3.05) is 13.2 Å². The number of hydrogen-bond donors (Lipinski definition) is 0. The Bertz CT molecular complexity index is 405. The van der Waals surface area contributed by atoms with Gasteiger partial charge in [0.15, 0.2) is 0 Å². The summed E-state index contributed by atoms with van der Waals surface area (Å²) in [4.78, 5) is 23.4. The fraction of sp³-hybridized carbons (Fsp3) is 0.778. The highest BCUT2D eigenvalue weighted by Crippen LogP contribution is 2.10. The van der Waals surface area contributed by atoms with E-state index in [-0.39, 0.29) is 11.9 Å². The van der Waals surface area contributed by atoms with Gasteiger partial charge < -0.3 is 9.47 Å². The molecule has 0 saturated carbocycles. The maximum absolute atomic E-state index is 11.7. The van der Waals surface area contributed by atoms with Crippen LogP contribution < -0.4 is 0 Å². The van der Waals surface area contributed by atoms with Crippen LogP contribution >= 0.6 is 0 Å². The number of unbranched alkanes of at least 4 members (excludes halogenated alkanes) is 14. The molecule has 0 radical (unpaired) electrons. The number of hydrogen-bond acceptors (Lipinski definition) is 4. The van der Waals surface area contributed by atoms with Crippen molar-refractivity contribution in [3.05, 3.63) is 25.3 Å². The maximum Gasteiger partial charge on any atom is 0.305 e. The molecule has 0 rings (SSSR count). The standard InChI is InChI=1S/C27H48O4/c1-3-5-7-9-11-13-15-18-22-26(28)30-24-20-17-21-25-31-27(29)23-19-16-14-12-10-8-6-4-2/h3-4H,1-2,5-25H2. The van der Waals surface area contributed by atoms with Crippen LogP contribution in [0.5, 0.6) is 0 Å². The van der Waals surface area contributed by atoms with Crippen LogP contribution in [0.1, 0.15) is 122 Å². The van der Waals surface area contributed by atoms with Crippen LogP contribution in [0.3, 0.4) is 0 Å². The van der Waals surface area contributed by atoms with Gasteiger partial charge in [-0.15, -0.1) is 13.2 Å². The molecule has 0 aromatic heterocycles. The molecule has 0 bridgehead atoms. The summed E-state index contributed by atoms with van der Waals surface area (Å²) < 4.78 is 10.5. The van der Waals surface area contributed by atoms with Crippen molar-refractivity contribution in [1.82, 2.24) is 0 Å². The second kappa shape index (κ2) is 24.7. The van der Waals surface area contributed by atoms with Crippen molar-refractivity contribution < 1.29 is 19.1 Å². The van der Waals surface area contributed by atoms with E-state index in [1.165, 1.54) is 51.4 Å². The lowest BCUT2D eigenvalue weighted by molar-refractivity contribution is -0.144. The number of carbonyl (C=O) groups is 2. The van der Waals surface area contributed by atoms with Gasteiger partial charge in [-0.25, -0.2) is 0 Å². The van der Waals surface area contributed by atoms with E-state index in [0.29, 0.717) is 26.1 Å². The third kappa shape index (κ3) is 24.6. The van der Waals surface area contributed by atoms with Gasteiger partial charge >= 0.3 is 11.9 Å². The molecule has 0 aromatic rings. The first kappa shape index (κ1) is 29.4. The Labute approximate surface area is 191 Å². The van der Waals surface area contributed by atoms with Crippen molar-refractivity contribution in [2.45, 2.75) is 122 Å². The molecule has 0 aliphatic rings. The van der Waals surface area contributed by atoms with Crippen molar-refractivity contribution in [3.8, 4) is 0 Å². The zero-order valence-corrected chi connectivity index (χ0v) is 20.1. The predicted molar refractivity (Wildman–Crippen MR) is 130 cm³/mol. The summed E-state index contributed by atoms with van der Waals surface area (Å²) in [6, 6.07) is 0. The van der Waals surface area contributed by atoms with Crippen molar-refractivity contribution >= 4 is 11.9 Å².